The van der Waals surface area contributed by atoms with Crippen molar-refractivity contribution in [3.8, 4) is 11.5 Å². The van der Waals surface area contributed by atoms with Crippen LogP contribution in [0.5, 0.6) is 11.5 Å². The van der Waals surface area contributed by atoms with Crippen LogP contribution in [0.4, 0.5) is 18.0 Å². The molecule has 0 spiro atoms. The number of phenols is 1. The minimum absolute atomic E-state index is 0.0518. The highest BCUT2D eigenvalue weighted by atomic mass is 19.4. The van der Waals surface area contributed by atoms with Gasteiger partial charge in [0, 0.05) is 13.1 Å². The fraction of sp³-hybridized carbons (Fsp3) is 0.429. The van der Waals surface area contributed by atoms with Crippen molar-refractivity contribution in [1.29, 1.82) is 0 Å². The highest BCUT2D eigenvalue weighted by Crippen LogP contribution is 2.39. The van der Waals surface area contributed by atoms with Crippen LogP contribution in [0.15, 0.2) is 12.1 Å². The number of carbonyl (C=O) groups excluding carboxylic acids is 2. The maximum Gasteiger partial charge on any atom is 0.417 e. The molecular formula is C14H15F3N2O4. The van der Waals surface area contributed by atoms with Gasteiger partial charge in [-0.15, -0.1) is 0 Å². The summed E-state index contributed by atoms with van der Waals surface area (Å²) in [5, 5.41) is 12.1. The molecule has 0 radical (unpaired) electrons. The summed E-state index contributed by atoms with van der Waals surface area (Å²) in [7, 11) is 2.16. The van der Waals surface area contributed by atoms with Gasteiger partial charge in [0.2, 0.25) is 0 Å². The molecular weight excluding hydrogens is 317 g/mol. The molecule has 6 nitrogen and oxygen atoms in total. The molecule has 0 atom stereocenters. The lowest BCUT2D eigenvalue weighted by atomic mass is 10.0. The van der Waals surface area contributed by atoms with Gasteiger partial charge in [0.1, 0.15) is 0 Å². The summed E-state index contributed by atoms with van der Waals surface area (Å²) in [5.41, 5.74) is -2.12. The van der Waals surface area contributed by atoms with Gasteiger partial charge < -0.3 is 15.2 Å². The van der Waals surface area contributed by atoms with E-state index in [1.807, 2.05) is 0 Å². The molecule has 0 aromatic heterocycles. The number of amides is 3. The summed E-state index contributed by atoms with van der Waals surface area (Å²) < 4.78 is 44.0. The number of nitrogens with zero attached hydrogens (tertiary/aromatic N) is 1. The van der Waals surface area contributed by atoms with Crippen LogP contribution in [0.25, 0.3) is 0 Å². The second-order valence-electron chi connectivity index (χ2n) is 5.16. The number of urea groups is 1. The average Bonchev–Trinajstić information content (AvgIpc) is 3.27. The zero-order valence-electron chi connectivity index (χ0n) is 12.4. The van der Waals surface area contributed by atoms with Crippen molar-refractivity contribution >= 4 is 11.9 Å². The van der Waals surface area contributed by atoms with Crippen LogP contribution in [0.3, 0.4) is 0 Å². The van der Waals surface area contributed by atoms with Gasteiger partial charge in [0.05, 0.1) is 18.2 Å². The molecule has 1 aromatic carbocycles. The van der Waals surface area contributed by atoms with Gasteiger partial charge in [0.25, 0.3) is 5.91 Å². The van der Waals surface area contributed by atoms with E-state index < -0.39 is 40.7 Å². The number of imide groups is 1. The molecule has 1 aliphatic carbocycles. The summed E-state index contributed by atoms with van der Waals surface area (Å²) in [5.74, 6) is -2.22. The Kier molecular flexibility index (Phi) is 4.39. The molecule has 3 amide bonds. The van der Waals surface area contributed by atoms with Crippen LogP contribution in [0.1, 0.15) is 28.8 Å². The molecule has 1 aliphatic rings. The van der Waals surface area contributed by atoms with Gasteiger partial charge in [-0.1, -0.05) is 0 Å². The van der Waals surface area contributed by atoms with Gasteiger partial charge in [-0.2, -0.15) is 13.2 Å². The highest BCUT2D eigenvalue weighted by molar-refractivity contribution is 6.05. The summed E-state index contributed by atoms with van der Waals surface area (Å²) >= 11 is 0. The van der Waals surface area contributed by atoms with Crippen molar-refractivity contribution in [1.82, 2.24) is 10.2 Å². The number of benzene rings is 1. The van der Waals surface area contributed by atoms with Crippen molar-refractivity contribution in [2.24, 2.45) is 0 Å². The van der Waals surface area contributed by atoms with Crippen molar-refractivity contribution < 1.29 is 32.6 Å². The largest absolute Gasteiger partial charge is 0.504 e. The van der Waals surface area contributed by atoms with Crippen LogP contribution in [-0.2, 0) is 6.18 Å². The van der Waals surface area contributed by atoms with E-state index in [-0.39, 0.29) is 6.04 Å². The number of rotatable bonds is 3. The Labute approximate surface area is 129 Å². The van der Waals surface area contributed by atoms with E-state index in [1.54, 1.807) is 0 Å². The third kappa shape index (κ3) is 3.66. The first-order valence-corrected chi connectivity index (χ1v) is 6.72. The van der Waals surface area contributed by atoms with E-state index in [2.05, 4.69) is 10.1 Å². The number of hydrogen-bond acceptors (Lipinski definition) is 4. The van der Waals surface area contributed by atoms with E-state index in [0.717, 1.165) is 27.0 Å². The molecule has 1 saturated carbocycles. The third-order valence-electron chi connectivity index (χ3n) is 3.37. The molecule has 0 unspecified atom stereocenters. The van der Waals surface area contributed by atoms with Crippen molar-refractivity contribution in [3.63, 3.8) is 0 Å². The number of halogens is 3. The molecule has 23 heavy (non-hydrogen) atoms. The maximum atomic E-state index is 13.1. The monoisotopic (exact) mass is 332 g/mol. The van der Waals surface area contributed by atoms with Crippen molar-refractivity contribution in [2.45, 2.75) is 25.1 Å². The van der Waals surface area contributed by atoms with Gasteiger partial charge in [-0.25, -0.2) is 4.79 Å². The van der Waals surface area contributed by atoms with Gasteiger partial charge in [-0.05, 0) is 25.0 Å². The van der Waals surface area contributed by atoms with E-state index in [0.29, 0.717) is 17.0 Å². The molecule has 2 rings (SSSR count). The number of alkyl halides is 3. The first-order chi connectivity index (χ1) is 10.6. The molecule has 9 heteroatoms. The minimum Gasteiger partial charge on any atom is -0.504 e. The molecule has 0 aliphatic heterocycles. The molecule has 1 aromatic rings. The summed E-state index contributed by atoms with van der Waals surface area (Å²) in [6.45, 7) is 0. The third-order valence-corrected chi connectivity index (χ3v) is 3.37. The second-order valence-corrected chi connectivity index (χ2v) is 5.16. The summed E-state index contributed by atoms with van der Waals surface area (Å²) in [4.78, 5) is 24.6. The fourth-order valence-electron chi connectivity index (χ4n) is 1.92. The van der Waals surface area contributed by atoms with Crippen LogP contribution >= 0.6 is 0 Å². The van der Waals surface area contributed by atoms with E-state index in [1.165, 1.54) is 0 Å². The smallest absolute Gasteiger partial charge is 0.417 e. The second kappa shape index (κ2) is 5.98. The Morgan fingerprint density at radius 3 is 2.43 bits per heavy atom. The molecule has 0 saturated heterocycles. The van der Waals surface area contributed by atoms with E-state index in [4.69, 9.17) is 0 Å². The molecule has 1 fully saturated rings. The Bertz CT molecular complexity index is 642. The zero-order chi connectivity index (χ0) is 17.4. The van der Waals surface area contributed by atoms with Crippen LogP contribution in [0.2, 0.25) is 0 Å². The molecule has 126 valence electrons. The van der Waals surface area contributed by atoms with Gasteiger partial charge in [0.15, 0.2) is 11.5 Å². The van der Waals surface area contributed by atoms with Crippen LogP contribution in [-0.4, -0.2) is 42.1 Å². The zero-order valence-corrected chi connectivity index (χ0v) is 12.4. The SMILES string of the molecule is COc1cc(C(F)(F)F)c(C(=O)N(C)C(=O)NC2CC2)cc1O. The standard InChI is InChI=1S/C14H15F3N2O4/c1-19(13(22)18-7-3-4-7)12(21)8-5-10(20)11(23-2)6-9(8)14(15,16)17/h5-7,20H,3-4H2,1-2H3,(H,18,22). The van der Waals surface area contributed by atoms with Gasteiger partial charge >= 0.3 is 12.2 Å². The first kappa shape index (κ1) is 16.9. The summed E-state index contributed by atoms with van der Waals surface area (Å²) in [6, 6.07) is 0.324. The number of phenolic OH excluding ortho intramolecular Hbond substituents is 1. The minimum atomic E-state index is -4.85. The molecule has 2 N–H and O–H groups in total. The Balaban J connectivity index is 2.37. The number of ether oxygens (including phenoxy) is 1. The van der Waals surface area contributed by atoms with Gasteiger partial charge in [-0.3, -0.25) is 9.69 Å². The molecule has 0 heterocycles. The Morgan fingerprint density at radius 1 is 1.35 bits per heavy atom. The van der Waals surface area contributed by atoms with E-state index >= 15 is 0 Å². The van der Waals surface area contributed by atoms with Crippen molar-refractivity contribution in [2.75, 3.05) is 14.2 Å². The normalized spacial score (nSPS) is 14.3. The first-order valence-electron chi connectivity index (χ1n) is 6.72. The number of methoxy groups -OCH3 is 1. The topological polar surface area (TPSA) is 78.9 Å². The fourth-order valence-corrected chi connectivity index (χ4v) is 1.92. The Hall–Kier alpha value is -2.45. The lowest BCUT2D eigenvalue weighted by Crippen LogP contribution is -2.42. The number of nitrogens with one attached hydrogen (secondary N) is 1. The Morgan fingerprint density at radius 2 is 1.96 bits per heavy atom. The van der Waals surface area contributed by atoms with Crippen molar-refractivity contribution in [3.05, 3.63) is 23.3 Å². The predicted octanol–water partition coefficient (Wildman–Crippen LogP) is 2.36. The summed E-state index contributed by atoms with van der Waals surface area (Å²) in [6.07, 6.45) is -3.31. The van der Waals surface area contributed by atoms with E-state index in [9.17, 15) is 27.9 Å². The number of hydrogen-bond donors (Lipinski definition) is 2. The number of carbonyl (C=O) groups is 2. The van der Waals surface area contributed by atoms with Crippen LogP contribution < -0.4 is 10.1 Å². The molecule has 0 bridgehead atoms. The van der Waals surface area contributed by atoms with Crippen LogP contribution in [0, 0.1) is 0 Å². The lowest BCUT2D eigenvalue weighted by Gasteiger charge is -2.20. The predicted molar refractivity (Wildman–Crippen MR) is 73.3 cm³/mol. The highest BCUT2D eigenvalue weighted by Gasteiger charge is 2.38. The quantitative estimate of drug-likeness (QED) is 0.891. The maximum absolute atomic E-state index is 13.1. The average molecular weight is 332 g/mol. The lowest BCUT2D eigenvalue weighted by molar-refractivity contribution is -0.138. The number of aromatic hydroxyl groups is 1.